The van der Waals surface area contributed by atoms with E-state index in [1.807, 2.05) is 0 Å². The molecule has 1 nitrogen and oxygen atoms in total. The van der Waals surface area contributed by atoms with Crippen molar-refractivity contribution >= 4 is 0 Å². The first-order chi connectivity index (χ1) is 5.89. The second-order valence-electron chi connectivity index (χ2n) is 4.06. The van der Waals surface area contributed by atoms with E-state index in [0.29, 0.717) is 0 Å². The largest absolute Gasteiger partial charge is 0.141 e. The van der Waals surface area contributed by atoms with Crippen molar-refractivity contribution in [3.63, 3.8) is 0 Å². The van der Waals surface area contributed by atoms with Crippen LogP contribution in [-0.4, -0.2) is 6.04 Å². The summed E-state index contributed by atoms with van der Waals surface area (Å²) in [5, 5.41) is 0. The van der Waals surface area contributed by atoms with Gasteiger partial charge in [0.05, 0.1) is 0 Å². The topological polar surface area (TPSA) is 22.3 Å². The summed E-state index contributed by atoms with van der Waals surface area (Å²) in [7, 11) is 0. The molecule has 0 N–H and O–H groups in total. The van der Waals surface area contributed by atoms with Crippen LogP contribution >= 0.6 is 0 Å². The Morgan fingerprint density at radius 1 is 0.583 bits per heavy atom. The molecule has 1 saturated carbocycles. The molecular weight excluding hydrogens is 146 g/mol. The van der Waals surface area contributed by atoms with Crippen LogP contribution in [0.4, 0.5) is 0 Å². The molecule has 1 rings (SSSR count). The molecule has 0 aromatic rings. The Labute approximate surface area is 76.7 Å². The molecule has 12 heavy (non-hydrogen) atoms. The third kappa shape index (κ3) is 4.76. The zero-order valence-electron chi connectivity index (χ0n) is 8.10. The predicted octanol–water partition coefficient (Wildman–Crippen LogP) is 3.34. The molecule has 1 fully saturated rings. The number of rotatable bonds is 0. The highest BCUT2D eigenvalue weighted by molar-refractivity contribution is 4.62. The first-order valence-corrected chi connectivity index (χ1v) is 5.57. The maximum atomic E-state index is 9.52. The van der Waals surface area contributed by atoms with E-state index in [4.69, 9.17) is 0 Å². The van der Waals surface area contributed by atoms with Crippen molar-refractivity contribution in [2.75, 3.05) is 0 Å². The minimum Gasteiger partial charge on any atom is -0.141 e. The van der Waals surface area contributed by atoms with E-state index < -0.39 is 0 Å². The normalized spacial score (nSPS) is 24.8. The third-order valence-electron chi connectivity index (χ3n) is 2.82. The molecule has 0 atom stereocenters. The smallest absolute Gasteiger partial charge is 0.0433 e. The molecule has 0 aromatic heterocycles. The monoisotopic (exact) mass is 167 g/mol. The van der Waals surface area contributed by atoms with Crippen molar-refractivity contribution in [3.8, 4) is 0 Å². The zero-order valence-corrected chi connectivity index (χ0v) is 8.10. The van der Waals surface area contributed by atoms with E-state index in [9.17, 15) is 5.73 Å². The van der Waals surface area contributed by atoms with Gasteiger partial charge in [0.1, 0.15) is 0 Å². The van der Waals surface area contributed by atoms with Gasteiger partial charge in [0.2, 0.25) is 0 Å². The molecule has 70 valence electrons. The maximum Gasteiger partial charge on any atom is 0.0433 e. The highest BCUT2D eigenvalue weighted by Gasteiger charge is 2.05. The van der Waals surface area contributed by atoms with E-state index >= 15 is 0 Å². The lowest BCUT2D eigenvalue weighted by atomic mass is 10.0. The summed E-state index contributed by atoms with van der Waals surface area (Å²) >= 11 is 0. The Morgan fingerprint density at radius 2 is 0.917 bits per heavy atom. The molecule has 0 aromatic carbocycles. The first-order valence-electron chi connectivity index (χ1n) is 5.57. The molecule has 1 heteroatoms. The second-order valence-corrected chi connectivity index (χ2v) is 4.06. The van der Waals surface area contributed by atoms with Gasteiger partial charge in [0.25, 0.3) is 0 Å². The van der Waals surface area contributed by atoms with Crippen molar-refractivity contribution in [3.05, 3.63) is 0 Å². The summed E-state index contributed by atoms with van der Waals surface area (Å²) in [6.45, 7) is 0. The number of nitrogens with zero attached hydrogens (tertiary/aromatic N) is 1. The van der Waals surface area contributed by atoms with Crippen molar-refractivity contribution < 1.29 is 0 Å². The maximum absolute atomic E-state index is 9.52. The fraction of sp³-hybridized carbons (Fsp3) is 1.00. The lowest BCUT2D eigenvalue weighted by Gasteiger charge is -2.06. The molecule has 0 spiro atoms. The van der Waals surface area contributed by atoms with Gasteiger partial charge in [0, 0.05) is 6.04 Å². The summed E-state index contributed by atoms with van der Waals surface area (Å²) < 4.78 is 0. The summed E-state index contributed by atoms with van der Waals surface area (Å²) in [6, 6.07) is 0.00287. The van der Waals surface area contributed by atoms with Crippen LogP contribution < -0.4 is 5.73 Å². The van der Waals surface area contributed by atoms with Gasteiger partial charge in [-0.15, -0.1) is 5.73 Å². The highest BCUT2D eigenvalue weighted by atomic mass is 14.6. The fourth-order valence-electron chi connectivity index (χ4n) is 1.96. The van der Waals surface area contributed by atoms with Gasteiger partial charge < -0.3 is 0 Å². The minimum absolute atomic E-state index is 0.00287. The van der Waals surface area contributed by atoms with Gasteiger partial charge in [-0.2, -0.15) is 0 Å². The number of hydrogen-bond donors (Lipinski definition) is 0. The molecule has 1 aliphatic rings. The minimum atomic E-state index is 0.00287. The standard InChI is InChI=1S/C11H21N/c12-11-9-7-5-3-1-2-4-6-8-10-11/h11H,1-10H2. The Bertz CT molecular complexity index is 89.2. The van der Waals surface area contributed by atoms with Crippen LogP contribution in [0, 0.1) is 0 Å². The molecular formula is C11H21N. The average molecular weight is 167 g/mol. The average Bonchev–Trinajstić information content (AvgIpc) is 2.11. The Kier molecular flexibility index (Phi) is 5.42. The molecule has 0 unspecified atom stereocenters. The van der Waals surface area contributed by atoms with Crippen molar-refractivity contribution in [1.82, 2.24) is 5.73 Å². The molecule has 0 heterocycles. The van der Waals surface area contributed by atoms with Gasteiger partial charge in [-0.1, -0.05) is 51.4 Å². The SMILES string of the molecule is [N]C1CCCCCCCCCC1. The predicted molar refractivity (Wildman–Crippen MR) is 52.1 cm³/mol. The summed E-state index contributed by atoms with van der Waals surface area (Å²) in [5.41, 5.74) is 9.52. The van der Waals surface area contributed by atoms with Crippen LogP contribution in [0.15, 0.2) is 0 Å². The van der Waals surface area contributed by atoms with Crippen LogP contribution in [0.5, 0.6) is 0 Å². The van der Waals surface area contributed by atoms with Crippen LogP contribution in [0.2, 0.25) is 0 Å². The van der Waals surface area contributed by atoms with Crippen LogP contribution in [0.1, 0.15) is 64.2 Å². The van der Waals surface area contributed by atoms with Gasteiger partial charge in [0.15, 0.2) is 0 Å². The van der Waals surface area contributed by atoms with Gasteiger partial charge in [-0.3, -0.25) is 0 Å². The van der Waals surface area contributed by atoms with E-state index in [0.717, 1.165) is 12.8 Å². The molecule has 0 amide bonds. The van der Waals surface area contributed by atoms with Crippen molar-refractivity contribution in [2.45, 2.75) is 70.3 Å². The van der Waals surface area contributed by atoms with E-state index in [2.05, 4.69) is 0 Å². The molecule has 0 aliphatic heterocycles. The van der Waals surface area contributed by atoms with Crippen LogP contribution in [0.25, 0.3) is 0 Å². The molecule has 1 aliphatic carbocycles. The molecule has 0 bridgehead atoms. The third-order valence-corrected chi connectivity index (χ3v) is 2.82. The quantitative estimate of drug-likeness (QED) is 0.528. The summed E-state index contributed by atoms with van der Waals surface area (Å²) in [5.74, 6) is 0. The lowest BCUT2D eigenvalue weighted by molar-refractivity contribution is 0.499. The molecule has 2 radical (unpaired) electrons. The van der Waals surface area contributed by atoms with E-state index in [-0.39, 0.29) is 6.04 Å². The van der Waals surface area contributed by atoms with Crippen molar-refractivity contribution in [2.24, 2.45) is 0 Å². The molecule has 0 saturated heterocycles. The van der Waals surface area contributed by atoms with Crippen molar-refractivity contribution in [1.29, 1.82) is 0 Å². The van der Waals surface area contributed by atoms with E-state index in [1.165, 1.54) is 51.4 Å². The Morgan fingerprint density at radius 3 is 1.33 bits per heavy atom. The van der Waals surface area contributed by atoms with Crippen LogP contribution in [-0.2, 0) is 0 Å². The Hall–Kier alpha value is -0.0400. The van der Waals surface area contributed by atoms with Crippen LogP contribution in [0.3, 0.4) is 0 Å². The van der Waals surface area contributed by atoms with Gasteiger partial charge in [-0.05, 0) is 12.8 Å². The Balaban J connectivity index is 2.13. The number of hydrogen-bond acceptors (Lipinski definition) is 0. The fourth-order valence-corrected chi connectivity index (χ4v) is 1.96. The summed E-state index contributed by atoms with van der Waals surface area (Å²) in [6.07, 6.45) is 12.8. The van der Waals surface area contributed by atoms with E-state index in [1.54, 1.807) is 0 Å². The van der Waals surface area contributed by atoms with Gasteiger partial charge >= 0.3 is 0 Å². The highest BCUT2D eigenvalue weighted by Crippen LogP contribution is 2.16. The lowest BCUT2D eigenvalue weighted by Crippen LogP contribution is -2.08. The summed E-state index contributed by atoms with van der Waals surface area (Å²) in [4.78, 5) is 0. The van der Waals surface area contributed by atoms with Gasteiger partial charge in [-0.25, -0.2) is 0 Å². The second kappa shape index (κ2) is 6.47. The first kappa shape index (κ1) is 10.0. The zero-order chi connectivity index (χ0) is 8.65.